The van der Waals surface area contributed by atoms with E-state index in [2.05, 4.69) is 10.2 Å². The quantitative estimate of drug-likeness (QED) is 0.571. The maximum atomic E-state index is 12.4. The van der Waals surface area contributed by atoms with E-state index in [1.54, 1.807) is 0 Å². The largest absolute Gasteiger partial charge is 0.486 e. The topological polar surface area (TPSA) is 50.8 Å². The maximum Gasteiger partial charge on any atom is 0.389 e. The third-order valence-electron chi connectivity index (χ3n) is 5.50. The van der Waals surface area contributed by atoms with Crippen LogP contribution < -0.4 is 14.8 Å². The Kier molecular flexibility index (Phi) is 8.24. The van der Waals surface area contributed by atoms with E-state index >= 15 is 0 Å². The van der Waals surface area contributed by atoms with E-state index in [1.165, 1.54) is 12.8 Å². The molecule has 0 saturated carbocycles. The number of likely N-dealkylation sites (tertiary alicyclic amines) is 1. The minimum absolute atomic E-state index is 0.0478. The molecular formula is C22H31F3N2O3. The molecule has 1 aromatic carbocycles. The van der Waals surface area contributed by atoms with Crippen LogP contribution in [0.25, 0.3) is 0 Å². The van der Waals surface area contributed by atoms with Crippen molar-refractivity contribution in [1.82, 2.24) is 10.2 Å². The number of amides is 1. The molecule has 0 spiro atoms. The third-order valence-corrected chi connectivity index (χ3v) is 5.50. The third kappa shape index (κ3) is 7.70. The van der Waals surface area contributed by atoms with Crippen LogP contribution in [0.5, 0.6) is 11.5 Å². The minimum Gasteiger partial charge on any atom is -0.486 e. The van der Waals surface area contributed by atoms with Gasteiger partial charge in [-0.3, -0.25) is 4.79 Å². The van der Waals surface area contributed by atoms with Crippen LogP contribution in [0.4, 0.5) is 13.2 Å². The lowest BCUT2D eigenvalue weighted by atomic mass is 10.0. The van der Waals surface area contributed by atoms with Gasteiger partial charge in [0, 0.05) is 25.4 Å². The highest BCUT2D eigenvalue weighted by Gasteiger charge is 2.26. The molecule has 1 fully saturated rings. The lowest BCUT2D eigenvalue weighted by Gasteiger charge is -2.25. The molecule has 30 heavy (non-hydrogen) atoms. The molecule has 2 aliphatic rings. The smallest absolute Gasteiger partial charge is 0.389 e. The molecule has 5 nitrogen and oxygen atoms in total. The van der Waals surface area contributed by atoms with Gasteiger partial charge in [0.2, 0.25) is 5.91 Å². The molecule has 0 aliphatic carbocycles. The van der Waals surface area contributed by atoms with Crippen LogP contribution in [0, 0.1) is 0 Å². The van der Waals surface area contributed by atoms with Gasteiger partial charge in [-0.2, -0.15) is 13.2 Å². The van der Waals surface area contributed by atoms with Gasteiger partial charge in [-0.05, 0) is 62.9 Å². The van der Waals surface area contributed by atoms with Gasteiger partial charge in [0.25, 0.3) is 0 Å². The number of fused-ring (bicyclic) bond motifs is 1. The fraction of sp³-hybridized carbons (Fsp3) is 0.682. The van der Waals surface area contributed by atoms with Gasteiger partial charge >= 0.3 is 6.18 Å². The lowest BCUT2D eigenvalue weighted by molar-refractivity contribution is -0.135. The zero-order chi connectivity index (χ0) is 21.4. The highest BCUT2D eigenvalue weighted by Crippen LogP contribution is 2.31. The zero-order valence-electron chi connectivity index (χ0n) is 17.3. The Labute approximate surface area is 175 Å². The van der Waals surface area contributed by atoms with Gasteiger partial charge in [0.1, 0.15) is 13.2 Å². The Morgan fingerprint density at radius 3 is 2.53 bits per heavy atom. The van der Waals surface area contributed by atoms with Crippen molar-refractivity contribution in [3.63, 3.8) is 0 Å². The first-order chi connectivity index (χ1) is 14.4. The van der Waals surface area contributed by atoms with Gasteiger partial charge in [-0.1, -0.05) is 12.5 Å². The van der Waals surface area contributed by atoms with Gasteiger partial charge in [-0.15, -0.1) is 0 Å². The van der Waals surface area contributed by atoms with Crippen molar-refractivity contribution >= 4 is 5.91 Å². The zero-order valence-corrected chi connectivity index (χ0v) is 17.3. The van der Waals surface area contributed by atoms with E-state index in [-0.39, 0.29) is 24.8 Å². The second-order valence-electron chi connectivity index (χ2n) is 8.13. The molecule has 1 atom stereocenters. The second-order valence-corrected chi connectivity index (χ2v) is 8.13. The van der Waals surface area contributed by atoms with Crippen molar-refractivity contribution < 1.29 is 27.4 Å². The first kappa shape index (κ1) is 22.7. The van der Waals surface area contributed by atoms with Crippen LogP contribution in [0.2, 0.25) is 0 Å². The van der Waals surface area contributed by atoms with Crippen molar-refractivity contribution in [2.75, 3.05) is 32.8 Å². The number of ether oxygens (including phenoxy) is 2. The highest BCUT2D eigenvalue weighted by molar-refractivity contribution is 5.76. The van der Waals surface area contributed by atoms with Gasteiger partial charge in [0.05, 0.1) is 0 Å². The summed E-state index contributed by atoms with van der Waals surface area (Å²) in [6.45, 7) is 3.91. The van der Waals surface area contributed by atoms with Crippen LogP contribution in [-0.4, -0.2) is 55.9 Å². The number of alkyl halides is 3. The molecule has 2 aliphatic heterocycles. The van der Waals surface area contributed by atoms with Crippen molar-refractivity contribution in [3.8, 4) is 11.5 Å². The summed E-state index contributed by atoms with van der Waals surface area (Å²) < 4.78 is 47.9. The summed E-state index contributed by atoms with van der Waals surface area (Å²) in [7, 11) is 0. The molecule has 1 amide bonds. The molecule has 168 valence electrons. The number of hydrogen-bond donors (Lipinski definition) is 1. The first-order valence-electron chi connectivity index (χ1n) is 10.9. The summed E-state index contributed by atoms with van der Waals surface area (Å²) in [5.41, 5.74) is 1.06. The monoisotopic (exact) mass is 428 g/mol. The predicted molar refractivity (Wildman–Crippen MR) is 108 cm³/mol. The van der Waals surface area contributed by atoms with E-state index in [0.717, 1.165) is 36.7 Å². The summed E-state index contributed by atoms with van der Waals surface area (Å²) in [6.07, 6.45) is -0.668. The van der Waals surface area contributed by atoms with Crippen molar-refractivity contribution in [2.45, 2.75) is 63.6 Å². The normalized spacial score (nSPS) is 17.7. The molecule has 0 unspecified atom stereocenters. The summed E-state index contributed by atoms with van der Waals surface area (Å²) in [4.78, 5) is 14.8. The van der Waals surface area contributed by atoms with Crippen LogP contribution in [0.3, 0.4) is 0 Å². The van der Waals surface area contributed by atoms with Crippen LogP contribution in [0.15, 0.2) is 18.2 Å². The number of rotatable bonds is 10. The fourth-order valence-corrected chi connectivity index (χ4v) is 4.02. The van der Waals surface area contributed by atoms with E-state index < -0.39 is 12.6 Å². The summed E-state index contributed by atoms with van der Waals surface area (Å²) >= 11 is 0. The molecular weight excluding hydrogens is 397 g/mol. The summed E-state index contributed by atoms with van der Waals surface area (Å²) in [5, 5.41) is 3.10. The number of carbonyl (C=O) groups excluding carboxylic acids is 1. The number of benzene rings is 1. The van der Waals surface area contributed by atoms with Crippen LogP contribution in [0.1, 0.15) is 50.5 Å². The Morgan fingerprint density at radius 1 is 1.07 bits per heavy atom. The van der Waals surface area contributed by atoms with E-state index in [4.69, 9.17) is 9.47 Å². The number of unbranched alkanes of at least 4 members (excludes halogenated alkanes) is 2. The Bertz CT molecular complexity index is 691. The molecule has 1 N–H and O–H groups in total. The minimum atomic E-state index is -4.12. The average molecular weight is 428 g/mol. The molecule has 2 heterocycles. The first-order valence-corrected chi connectivity index (χ1v) is 10.9. The van der Waals surface area contributed by atoms with E-state index in [9.17, 15) is 18.0 Å². The molecule has 1 aromatic rings. The maximum absolute atomic E-state index is 12.4. The number of nitrogens with zero attached hydrogens (tertiary/aromatic N) is 1. The molecule has 0 radical (unpaired) electrons. The van der Waals surface area contributed by atoms with Crippen LogP contribution >= 0.6 is 0 Å². The van der Waals surface area contributed by atoms with Gasteiger partial charge < -0.3 is 19.7 Å². The van der Waals surface area contributed by atoms with Gasteiger partial charge in [-0.25, -0.2) is 0 Å². The SMILES string of the molecule is O=C(CCCCCC(F)(F)F)N[C@@H](Cc1ccc2c(c1)OCCO2)CN1CCCC1. The molecule has 0 aromatic heterocycles. The standard InChI is InChI=1S/C22H31F3N2O3/c23-22(24,25)9-3-1-2-6-21(28)26-18(16-27-10-4-5-11-27)14-17-7-8-19-20(15-17)30-13-12-29-19/h7-8,15,18H,1-6,9-14,16H2,(H,26,28)/t18-/m0/s1. The molecule has 8 heteroatoms. The number of nitrogens with one attached hydrogen (secondary N) is 1. The van der Waals surface area contributed by atoms with Crippen LogP contribution in [-0.2, 0) is 11.2 Å². The lowest BCUT2D eigenvalue weighted by Crippen LogP contribution is -2.44. The fourth-order valence-electron chi connectivity index (χ4n) is 4.02. The molecule has 3 rings (SSSR count). The van der Waals surface area contributed by atoms with Crippen molar-refractivity contribution in [1.29, 1.82) is 0 Å². The van der Waals surface area contributed by atoms with Gasteiger partial charge in [0.15, 0.2) is 11.5 Å². The number of halogens is 3. The average Bonchev–Trinajstić information content (AvgIpc) is 3.19. The molecule has 0 bridgehead atoms. The molecule has 1 saturated heterocycles. The summed E-state index contributed by atoms with van der Waals surface area (Å²) in [5.74, 6) is 1.38. The highest BCUT2D eigenvalue weighted by atomic mass is 19.4. The Balaban J connectivity index is 1.51. The number of carbonyl (C=O) groups is 1. The Morgan fingerprint density at radius 2 is 1.80 bits per heavy atom. The number of hydrogen-bond acceptors (Lipinski definition) is 4. The van der Waals surface area contributed by atoms with E-state index in [1.807, 2.05) is 18.2 Å². The Hall–Kier alpha value is -1.96. The van der Waals surface area contributed by atoms with E-state index in [0.29, 0.717) is 32.5 Å². The predicted octanol–water partition coefficient (Wildman–Crippen LogP) is 4.09. The second kappa shape index (κ2) is 10.9. The van der Waals surface area contributed by atoms with Crippen molar-refractivity contribution in [3.05, 3.63) is 23.8 Å². The van der Waals surface area contributed by atoms with Crippen molar-refractivity contribution in [2.24, 2.45) is 0 Å². The summed E-state index contributed by atoms with van der Waals surface area (Å²) in [6, 6.07) is 5.82.